The van der Waals surface area contributed by atoms with Gasteiger partial charge in [0, 0.05) is 24.5 Å². The van der Waals surface area contributed by atoms with Crippen molar-refractivity contribution in [2.75, 3.05) is 37.9 Å². The van der Waals surface area contributed by atoms with Crippen LogP contribution in [0.5, 0.6) is 0 Å². The molecule has 4 aromatic carbocycles. The van der Waals surface area contributed by atoms with Crippen LogP contribution in [0.4, 0.5) is 21.0 Å². The van der Waals surface area contributed by atoms with E-state index in [9.17, 15) is 28.8 Å². The lowest BCUT2D eigenvalue weighted by molar-refractivity contribution is -0.139. The number of carbonyl (C=O) groups excluding carboxylic acids is 6. The van der Waals surface area contributed by atoms with Gasteiger partial charge in [0.05, 0.1) is 14.2 Å². The van der Waals surface area contributed by atoms with Crippen molar-refractivity contribution in [3.63, 3.8) is 0 Å². The number of benzene rings is 4. The predicted octanol–water partition coefficient (Wildman–Crippen LogP) is 7.52. The lowest BCUT2D eigenvalue weighted by Crippen LogP contribution is -2.54. The molecule has 4 aliphatic carbocycles. The number of nitrogens with zero attached hydrogens (tertiary/aromatic N) is 2. The number of rotatable bonds is 12. The van der Waals surface area contributed by atoms with E-state index in [1.165, 1.54) is 36.5 Å². The minimum Gasteiger partial charge on any atom is -0.453 e. The zero-order chi connectivity index (χ0) is 47.1. The number of alkyl carbamates (subject to hydrolysis) is 2. The number of likely N-dealkylation sites (tertiary alicyclic amines) is 2. The molecule has 0 aromatic heterocycles. The van der Waals surface area contributed by atoms with Gasteiger partial charge < -0.3 is 40.5 Å². The number of nitrogens with one attached hydrogen (secondary N) is 4. The van der Waals surface area contributed by atoms with E-state index in [1.807, 2.05) is 76.2 Å². The second-order valence-electron chi connectivity index (χ2n) is 18.2. The molecule has 2 aliphatic heterocycles. The summed E-state index contributed by atoms with van der Waals surface area (Å²) in [5, 5.41) is 11.3. The molecule has 4 aromatic rings. The van der Waals surface area contributed by atoms with Crippen LogP contribution in [0.1, 0.15) is 75.6 Å². The molecule has 0 radical (unpaired) electrons. The molecule has 66 heavy (non-hydrogen) atoms. The highest BCUT2D eigenvalue weighted by Crippen LogP contribution is 2.33. The van der Waals surface area contributed by atoms with Gasteiger partial charge in [0.2, 0.25) is 23.6 Å². The Morgan fingerprint density at radius 1 is 0.530 bits per heavy atom. The molecule has 2 heterocycles. The Hall–Kier alpha value is -6.70. The van der Waals surface area contributed by atoms with Crippen LogP contribution < -0.4 is 21.3 Å². The van der Waals surface area contributed by atoms with Gasteiger partial charge in [0.15, 0.2) is 0 Å². The summed E-state index contributed by atoms with van der Waals surface area (Å²) in [5.41, 5.74) is 10.6. The molecule has 6 aliphatic rings. The molecular weight excluding hydrogens is 837 g/mol. The Balaban J connectivity index is 1.000. The highest BCUT2D eigenvalue weighted by molar-refractivity contribution is 6.00. The number of amides is 6. The maximum Gasteiger partial charge on any atom is 0.407 e. The molecule has 0 spiro atoms. The molecule has 2 fully saturated rings. The maximum absolute atomic E-state index is 13.6. The zero-order valence-corrected chi connectivity index (χ0v) is 38.8. The Kier molecular flexibility index (Phi) is 15.1. The summed E-state index contributed by atoms with van der Waals surface area (Å²) in [6.07, 6.45) is 4.39. The van der Waals surface area contributed by atoms with Crippen molar-refractivity contribution in [1.82, 2.24) is 20.4 Å². The van der Waals surface area contributed by atoms with Gasteiger partial charge in [-0.05, 0) is 132 Å². The van der Waals surface area contributed by atoms with Crippen molar-refractivity contribution in [3.8, 4) is 22.3 Å². The average molecular weight is 899 g/mol. The van der Waals surface area contributed by atoms with Crippen LogP contribution in [0.25, 0.3) is 22.3 Å². The molecular formula is C52H62N6O8. The highest BCUT2D eigenvalue weighted by Gasteiger charge is 2.40. The van der Waals surface area contributed by atoms with Crippen molar-refractivity contribution >= 4 is 47.2 Å². The van der Waals surface area contributed by atoms with E-state index in [0.29, 0.717) is 50.1 Å². The summed E-state index contributed by atoms with van der Waals surface area (Å²) in [7, 11) is 2.51. The maximum atomic E-state index is 13.6. The number of ether oxygens (including phenoxy) is 2. The van der Waals surface area contributed by atoms with Gasteiger partial charge in [-0.15, -0.1) is 0 Å². The third kappa shape index (κ3) is 10.9. The van der Waals surface area contributed by atoms with E-state index in [0.717, 1.165) is 47.9 Å². The largest absolute Gasteiger partial charge is 0.453 e. The molecule has 4 N–H and O–H groups in total. The van der Waals surface area contributed by atoms with Gasteiger partial charge in [-0.3, -0.25) is 19.2 Å². The van der Waals surface area contributed by atoms with E-state index in [-0.39, 0.29) is 35.5 Å². The van der Waals surface area contributed by atoms with Crippen LogP contribution in [0.2, 0.25) is 0 Å². The van der Waals surface area contributed by atoms with Crippen LogP contribution in [-0.4, -0.2) is 97.1 Å². The van der Waals surface area contributed by atoms with Crippen LogP contribution in [-0.2, 0) is 54.3 Å². The normalized spacial score (nSPS) is 17.7. The van der Waals surface area contributed by atoms with Gasteiger partial charge in [-0.1, -0.05) is 88.4 Å². The third-order valence-corrected chi connectivity index (χ3v) is 13.1. The number of methoxy groups -OCH3 is 2. The van der Waals surface area contributed by atoms with Gasteiger partial charge in [0.1, 0.15) is 24.2 Å². The molecule has 14 heteroatoms. The summed E-state index contributed by atoms with van der Waals surface area (Å²) >= 11 is 0. The van der Waals surface area contributed by atoms with Crippen molar-refractivity contribution in [2.45, 2.75) is 103 Å². The summed E-state index contributed by atoms with van der Waals surface area (Å²) in [6, 6.07) is 26.3. The minimum atomic E-state index is -0.800. The summed E-state index contributed by atoms with van der Waals surface area (Å²) < 4.78 is 9.47. The number of aryl methyl sites for hydroxylation is 4. The van der Waals surface area contributed by atoms with Crippen LogP contribution >= 0.6 is 0 Å². The lowest BCUT2D eigenvalue weighted by Gasteiger charge is -2.30. The van der Waals surface area contributed by atoms with Crippen molar-refractivity contribution in [3.05, 3.63) is 107 Å². The smallest absolute Gasteiger partial charge is 0.407 e. The molecule has 348 valence electrons. The first-order valence-corrected chi connectivity index (χ1v) is 23.1. The monoisotopic (exact) mass is 898 g/mol. The predicted molar refractivity (Wildman–Crippen MR) is 254 cm³/mol. The molecule has 4 atom stereocenters. The number of carbonyl (C=O) groups is 6. The number of hydrogen-bond acceptors (Lipinski definition) is 8. The minimum absolute atomic E-state index is 0.188. The van der Waals surface area contributed by atoms with E-state index in [1.54, 1.807) is 9.80 Å². The van der Waals surface area contributed by atoms with Gasteiger partial charge in [0.25, 0.3) is 0 Å². The van der Waals surface area contributed by atoms with Crippen LogP contribution in [0.3, 0.4) is 0 Å². The topological polar surface area (TPSA) is 175 Å². The average Bonchev–Trinajstić information content (AvgIpc) is 4.02. The summed E-state index contributed by atoms with van der Waals surface area (Å²) in [5.74, 6) is -1.48. The highest BCUT2D eigenvalue weighted by atomic mass is 16.5. The van der Waals surface area contributed by atoms with Gasteiger partial charge in [-0.2, -0.15) is 0 Å². The Bertz CT molecular complexity index is 2270. The molecule has 6 amide bonds. The van der Waals surface area contributed by atoms with Gasteiger partial charge in [-0.25, -0.2) is 9.59 Å². The fourth-order valence-corrected chi connectivity index (χ4v) is 9.37. The van der Waals surface area contributed by atoms with Crippen molar-refractivity contribution in [2.24, 2.45) is 11.8 Å². The van der Waals surface area contributed by atoms with Crippen LogP contribution in [0, 0.1) is 11.8 Å². The zero-order valence-electron chi connectivity index (χ0n) is 38.8. The fourth-order valence-electron chi connectivity index (χ4n) is 9.37. The fraction of sp³-hybridized carbons (Fsp3) is 0.423. The number of anilines is 2. The number of hydrogen-bond donors (Lipinski definition) is 4. The summed E-state index contributed by atoms with van der Waals surface area (Å²) in [4.78, 5) is 81.3. The van der Waals surface area contributed by atoms with E-state index < -0.39 is 36.4 Å². The van der Waals surface area contributed by atoms with Gasteiger partial charge >= 0.3 is 12.2 Å². The first-order valence-electron chi connectivity index (χ1n) is 23.1. The SMILES string of the molecule is COC(=O)N[C@H](C(=O)N1CCC[C@H]1C(=O)Nc1ccc(-c2cc3ccc2CCc2ccc(c(-c4ccc(NC(=O)[C@@H]5CCCN5C(=O)[C@@H](NC(=O)OC)C(C)C)cc4)c2)CC3)cc1)C(C)C. The second kappa shape index (κ2) is 21.1. The molecule has 2 saturated heterocycles. The molecule has 0 unspecified atom stereocenters. The standard InChI is InChI=1S/C52H62N6O8/c1-31(2)45(55-51(63)65-5)49(61)57-27-7-9-43(57)47(59)53-39-23-19-37(20-24-39)41-29-33-11-15-35(41)17-13-34-12-16-36(18-14-33)42(30-34)38-21-25-40(26-22-38)54-48(60)44-10-8-28-58(44)50(62)46(32(3)4)56-52(64)66-6/h11-12,15-16,19-26,29-32,43-46H,7-10,13-14,17-18,27-28H2,1-6H3,(H,53,59)(H,54,60)(H,55,63)(H,56,64)/t43-,44-,45-,46-/m0/s1. The Morgan fingerprint density at radius 3 is 1.26 bits per heavy atom. The molecule has 14 nitrogen and oxygen atoms in total. The quantitative estimate of drug-likeness (QED) is 0.113. The first-order chi connectivity index (χ1) is 31.7. The third-order valence-electron chi connectivity index (χ3n) is 13.1. The van der Waals surface area contributed by atoms with Crippen molar-refractivity contribution in [1.29, 1.82) is 0 Å². The van der Waals surface area contributed by atoms with E-state index in [4.69, 9.17) is 9.47 Å². The molecule has 10 rings (SSSR count). The molecule has 4 bridgehead atoms. The lowest BCUT2D eigenvalue weighted by atomic mass is 9.87. The second-order valence-corrected chi connectivity index (χ2v) is 18.2. The summed E-state index contributed by atoms with van der Waals surface area (Å²) in [6.45, 7) is 8.26. The van der Waals surface area contributed by atoms with Crippen molar-refractivity contribution < 1.29 is 38.2 Å². The molecule has 0 saturated carbocycles. The van der Waals surface area contributed by atoms with E-state index in [2.05, 4.69) is 57.7 Å². The van der Waals surface area contributed by atoms with E-state index >= 15 is 0 Å². The Labute approximate surface area is 387 Å². The Morgan fingerprint density at radius 2 is 0.909 bits per heavy atom. The first kappa shape index (κ1) is 47.3. The van der Waals surface area contributed by atoms with Crippen LogP contribution in [0.15, 0.2) is 84.9 Å².